The van der Waals surface area contributed by atoms with Crippen LogP contribution in [-0.4, -0.2) is 85.0 Å². The van der Waals surface area contributed by atoms with Gasteiger partial charge in [0.25, 0.3) is 0 Å². The SMILES string of the molecule is C=C(NCCN(C)C)c1ccc(-c2nc3c(C(F)(F)F)cc(N)c(C(C)=N)c3c3c2CC(N2CCOCC2)CC3)cn1.CC. The fraction of sp³-hybridized carbons (Fsp3) is 0.485. The summed E-state index contributed by atoms with van der Waals surface area (Å²) in [7, 11) is 3.98. The van der Waals surface area contributed by atoms with Crippen molar-refractivity contribution < 1.29 is 17.9 Å². The smallest absolute Gasteiger partial charge is 0.398 e. The number of nitrogens with one attached hydrogen (secondary N) is 2. The maximum atomic E-state index is 14.4. The molecule has 0 bridgehead atoms. The Bertz CT molecular complexity index is 1500. The normalized spacial score (nSPS) is 17.2. The Labute approximate surface area is 258 Å². The first-order chi connectivity index (χ1) is 21.0. The lowest BCUT2D eigenvalue weighted by atomic mass is 9.81. The number of halogens is 3. The van der Waals surface area contributed by atoms with Gasteiger partial charge in [0.1, 0.15) is 0 Å². The van der Waals surface area contributed by atoms with Crippen molar-refractivity contribution in [1.82, 2.24) is 25.1 Å². The molecule has 11 heteroatoms. The van der Waals surface area contributed by atoms with Gasteiger partial charge in [0.15, 0.2) is 0 Å². The van der Waals surface area contributed by atoms with Crippen LogP contribution in [0.25, 0.3) is 27.9 Å². The Morgan fingerprint density at radius 1 is 1.20 bits per heavy atom. The van der Waals surface area contributed by atoms with E-state index < -0.39 is 11.7 Å². The van der Waals surface area contributed by atoms with Gasteiger partial charge >= 0.3 is 6.18 Å². The van der Waals surface area contributed by atoms with Crippen LogP contribution in [0.3, 0.4) is 0 Å². The first-order valence-electron chi connectivity index (χ1n) is 15.2. The molecule has 1 aliphatic heterocycles. The van der Waals surface area contributed by atoms with Crippen LogP contribution >= 0.6 is 0 Å². The average Bonchev–Trinajstić information content (AvgIpc) is 3.00. The van der Waals surface area contributed by atoms with Gasteiger partial charge in [-0.3, -0.25) is 9.88 Å². The Morgan fingerprint density at radius 2 is 1.91 bits per heavy atom. The first kappa shape index (κ1) is 33.4. The summed E-state index contributed by atoms with van der Waals surface area (Å²) in [5.74, 6) is 0. The van der Waals surface area contributed by atoms with Gasteiger partial charge in [-0.1, -0.05) is 20.4 Å². The number of ether oxygens (including phenoxy) is 1. The quantitative estimate of drug-likeness (QED) is 0.224. The minimum Gasteiger partial charge on any atom is -0.398 e. The van der Waals surface area contributed by atoms with Gasteiger partial charge in [0.05, 0.1) is 41.4 Å². The van der Waals surface area contributed by atoms with E-state index in [2.05, 4.69) is 26.7 Å². The van der Waals surface area contributed by atoms with E-state index in [-0.39, 0.29) is 23.0 Å². The number of aromatic nitrogens is 2. The second-order valence-electron chi connectivity index (χ2n) is 11.3. The second-order valence-corrected chi connectivity index (χ2v) is 11.3. The van der Waals surface area contributed by atoms with Gasteiger partial charge in [-0.25, -0.2) is 4.98 Å². The van der Waals surface area contributed by atoms with Crippen LogP contribution < -0.4 is 11.1 Å². The van der Waals surface area contributed by atoms with E-state index in [0.29, 0.717) is 66.2 Å². The van der Waals surface area contributed by atoms with Crippen molar-refractivity contribution in [3.05, 3.63) is 58.9 Å². The summed E-state index contributed by atoms with van der Waals surface area (Å²) < 4.78 is 48.7. The largest absolute Gasteiger partial charge is 0.418 e. The van der Waals surface area contributed by atoms with Crippen LogP contribution in [0.2, 0.25) is 0 Å². The third-order valence-corrected chi connectivity index (χ3v) is 8.16. The summed E-state index contributed by atoms with van der Waals surface area (Å²) in [5, 5.41) is 12.0. The van der Waals surface area contributed by atoms with Gasteiger partial charge < -0.3 is 26.1 Å². The van der Waals surface area contributed by atoms with Gasteiger partial charge in [0.2, 0.25) is 0 Å². The summed E-state index contributed by atoms with van der Waals surface area (Å²) in [6.07, 6.45) is -1.03. The summed E-state index contributed by atoms with van der Waals surface area (Å²) in [4.78, 5) is 13.8. The van der Waals surface area contributed by atoms with E-state index in [1.165, 1.54) is 0 Å². The molecule has 238 valence electrons. The zero-order valence-corrected chi connectivity index (χ0v) is 26.4. The van der Waals surface area contributed by atoms with E-state index >= 15 is 0 Å². The van der Waals surface area contributed by atoms with Crippen molar-refractivity contribution in [1.29, 1.82) is 5.41 Å². The predicted octanol–water partition coefficient (Wildman–Crippen LogP) is 5.62. The maximum Gasteiger partial charge on any atom is 0.418 e. The topological polar surface area (TPSA) is 103 Å². The van der Waals surface area contributed by atoms with Crippen molar-refractivity contribution in [2.75, 3.05) is 59.2 Å². The number of anilines is 1. The number of hydrogen-bond acceptors (Lipinski definition) is 8. The number of aryl methyl sites for hydroxylation is 1. The Kier molecular flexibility index (Phi) is 10.6. The standard InChI is InChI=1S/C31H38F3N7O.C2H6/c1-18(35)27-25(36)16-24(31(32,33)34)30-28(27)22-7-6-21(41-11-13-42-14-12-41)15-23(22)29(39-30)20-5-8-26(38-17-20)19(2)37-9-10-40(3)4;1-2/h5,8,16-17,21,35,37H,2,6-7,9-15,36H2,1,3-4H3;1-2H3. The highest BCUT2D eigenvalue weighted by Gasteiger charge is 2.38. The van der Waals surface area contributed by atoms with Crippen molar-refractivity contribution in [2.24, 2.45) is 0 Å². The number of likely N-dealkylation sites (N-methyl/N-ethyl adjacent to an activating group) is 1. The highest BCUT2D eigenvalue weighted by Crippen LogP contribution is 2.44. The van der Waals surface area contributed by atoms with Crippen molar-refractivity contribution in [2.45, 2.75) is 52.3 Å². The molecule has 44 heavy (non-hydrogen) atoms. The van der Waals surface area contributed by atoms with Crippen LogP contribution in [0.5, 0.6) is 0 Å². The molecule has 0 saturated carbocycles. The van der Waals surface area contributed by atoms with Crippen LogP contribution in [0.1, 0.15) is 55.1 Å². The highest BCUT2D eigenvalue weighted by atomic mass is 19.4. The third-order valence-electron chi connectivity index (χ3n) is 8.16. The van der Waals surface area contributed by atoms with E-state index in [0.717, 1.165) is 43.2 Å². The molecule has 0 amide bonds. The van der Waals surface area contributed by atoms with Gasteiger partial charge in [-0.2, -0.15) is 13.2 Å². The summed E-state index contributed by atoms with van der Waals surface area (Å²) in [6, 6.07) is 4.80. The number of alkyl halides is 3. The summed E-state index contributed by atoms with van der Waals surface area (Å²) >= 11 is 0. The number of nitrogens with two attached hydrogens (primary N) is 1. The monoisotopic (exact) mass is 611 g/mol. The molecule has 0 spiro atoms. The summed E-state index contributed by atoms with van der Waals surface area (Å²) in [5.41, 5.74) is 9.66. The van der Waals surface area contributed by atoms with E-state index in [1.54, 1.807) is 13.1 Å². The summed E-state index contributed by atoms with van der Waals surface area (Å²) in [6.45, 7) is 14.1. The van der Waals surface area contributed by atoms with E-state index in [4.69, 9.17) is 20.9 Å². The zero-order valence-electron chi connectivity index (χ0n) is 26.4. The molecule has 1 aromatic carbocycles. The van der Waals surface area contributed by atoms with Gasteiger partial charge in [-0.15, -0.1) is 0 Å². The molecule has 8 nitrogen and oxygen atoms in total. The molecule has 5 rings (SSSR count). The van der Waals surface area contributed by atoms with Gasteiger partial charge in [0, 0.05) is 66.3 Å². The molecule has 1 aliphatic carbocycles. The minimum absolute atomic E-state index is 0.0549. The fourth-order valence-electron chi connectivity index (χ4n) is 6.07. The predicted molar refractivity (Wildman–Crippen MR) is 172 cm³/mol. The first-order valence-corrected chi connectivity index (χ1v) is 15.2. The molecular formula is C33H44F3N7O. The number of fused-ring (bicyclic) bond motifs is 3. The fourth-order valence-corrected chi connectivity index (χ4v) is 6.07. The van der Waals surface area contributed by atoms with Crippen LogP contribution in [-0.2, 0) is 23.8 Å². The number of nitrogen functional groups attached to an aromatic ring is 1. The number of hydrogen-bond donors (Lipinski definition) is 3. The number of rotatable bonds is 8. The molecule has 2 aromatic heterocycles. The average molecular weight is 612 g/mol. The van der Waals surface area contributed by atoms with Crippen molar-refractivity contribution in [3.63, 3.8) is 0 Å². The molecule has 1 unspecified atom stereocenters. The molecule has 1 atom stereocenters. The van der Waals surface area contributed by atoms with Crippen LogP contribution in [0.4, 0.5) is 18.9 Å². The minimum atomic E-state index is -4.66. The lowest BCUT2D eigenvalue weighted by Gasteiger charge is -2.38. The zero-order chi connectivity index (χ0) is 32.2. The Hall–Kier alpha value is -3.54. The van der Waals surface area contributed by atoms with Crippen molar-refractivity contribution in [3.8, 4) is 11.3 Å². The second kappa shape index (κ2) is 14.0. The highest BCUT2D eigenvalue weighted by molar-refractivity contribution is 6.14. The van der Waals surface area contributed by atoms with E-state index in [9.17, 15) is 13.2 Å². The lowest BCUT2D eigenvalue weighted by Crippen LogP contribution is -2.46. The number of morpholine rings is 1. The van der Waals surface area contributed by atoms with E-state index in [1.807, 2.05) is 40.1 Å². The molecule has 1 saturated heterocycles. The molecule has 1 fully saturated rings. The molecule has 3 heterocycles. The maximum absolute atomic E-state index is 14.4. The molecule has 2 aliphatic rings. The molecule has 3 aromatic rings. The van der Waals surface area contributed by atoms with Crippen LogP contribution in [0.15, 0.2) is 31.0 Å². The third kappa shape index (κ3) is 7.06. The Balaban J connectivity index is 0.00000216. The van der Waals surface area contributed by atoms with Gasteiger partial charge in [-0.05, 0) is 69.6 Å². The molecule has 4 N–H and O–H groups in total. The number of benzene rings is 1. The number of nitrogens with zero attached hydrogens (tertiary/aromatic N) is 4. The Morgan fingerprint density at radius 3 is 2.50 bits per heavy atom. The van der Waals surface area contributed by atoms with Crippen LogP contribution in [0, 0.1) is 5.41 Å². The molecule has 0 radical (unpaired) electrons. The number of pyridine rings is 2. The lowest BCUT2D eigenvalue weighted by molar-refractivity contribution is -0.136. The molecular weight excluding hydrogens is 567 g/mol. The van der Waals surface area contributed by atoms with Crippen molar-refractivity contribution >= 4 is 28.0 Å².